The molecule has 0 radical (unpaired) electrons. The van der Waals surface area contributed by atoms with E-state index < -0.39 is 5.97 Å². The zero-order chi connectivity index (χ0) is 13.1. The number of nitrogens with zero attached hydrogens (tertiary/aromatic N) is 2. The number of carboxylic acids is 1. The van der Waals surface area contributed by atoms with Gasteiger partial charge in [-0.15, -0.1) is 0 Å². The number of benzene rings is 1. The van der Waals surface area contributed by atoms with Gasteiger partial charge in [0.1, 0.15) is 12.1 Å². The summed E-state index contributed by atoms with van der Waals surface area (Å²) < 4.78 is 5.04. The van der Waals surface area contributed by atoms with Crippen LogP contribution in [0.25, 0.3) is 11.3 Å². The van der Waals surface area contributed by atoms with Crippen molar-refractivity contribution >= 4 is 17.6 Å². The molecule has 8 heteroatoms. The fourth-order valence-corrected chi connectivity index (χ4v) is 1.72. The molecule has 0 bridgehead atoms. The average molecular weight is 289 g/mol. The number of aromatic nitrogens is 2. The predicted octanol–water partition coefficient (Wildman–Crippen LogP) is -0.669. The Hall–Kier alpha value is -1.58. The van der Waals surface area contributed by atoms with Crippen molar-refractivity contribution in [3.8, 4) is 17.0 Å². The van der Waals surface area contributed by atoms with Crippen molar-refractivity contribution in [2.45, 2.75) is 0 Å². The molecule has 0 unspecified atom stereocenters. The van der Waals surface area contributed by atoms with E-state index in [1.165, 1.54) is 19.5 Å². The van der Waals surface area contributed by atoms with Gasteiger partial charge in [0, 0.05) is 5.56 Å². The number of hydrogen-bond donors (Lipinski definition) is 1. The van der Waals surface area contributed by atoms with Crippen molar-refractivity contribution in [2.24, 2.45) is 0 Å². The van der Waals surface area contributed by atoms with Gasteiger partial charge in [0.15, 0.2) is 5.69 Å². The van der Waals surface area contributed by atoms with Crippen molar-refractivity contribution in [3.63, 3.8) is 0 Å². The van der Waals surface area contributed by atoms with Crippen molar-refractivity contribution in [1.82, 2.24) is 9.97 Å². The normalized spacial score (nSPS) is 9.10. The Labute approximate surface area is 132 Å². The molecule has 6 nitrogen and oxygen atoms in total. The van der Waals surface area contributed by atoms with Gasteiger partial charge in [0.25, 0.3) is 0 Å². The van der Waals surface area contributed by atoms with Crippen molar-refractivity contribution in [3.05, 3.63) is 41.3 Å². The second-order valence-electron chi connectivity index (χ2n) is 3.44. The molecular formula is C12H10ClLiN2O4. The van der Waals surface area contributed by atoms with Crippen LogP contribution in [0.2, 0.25) is 5.02 Å². The molecule has 0 aliphatic carbocycles. The molecule has 0 aliphatic heterocycles. The van der Waals surface area contributed by atoms with Crippen molar-refractivity contribution in [1.29, 1.82) is 0 Å². The van der Waals surface area contributed by atoms with Gasteiger partial charge in [-0.05, 0) is 24.3 Å². The third kappa shape index (κ3) is 3.95. The molecule has 1 aromatic carbocycles. The molecule has 2 N–H and O–H groups in total. The van der Waals surface area contributed by atoms with Crippen molar-refractivity contribution < 1.29 is 39.0 Å². The summed E-state index contributed by atoms with van der Waals surface area (Å²) >= 11 is 6.00. The Bertz CT molecular complexity index is 610. The van der Waals surface area contributed by atoms with E-state index >= 15 is 0 Å². The quantitative estimate of drug-likeness (QED) is 0.752. The van der Waals surface area contributed by atoms with E-state index in [1.807, 2.05) is 0 Å². The van der Waals surface area contributed by atoms with Crippen molar-refractivity contribution in [2.75, 3.05) is 7.11 Å². The minimum absolute atomic E-state index is 0. The first-order chi connectivity index (χ1) is 8.61. The number of carbonyl (C=O) groups is 1. The van der Waals surface area contributed by atoms with Gasteiger partial charge in [-0.25, -0.2) is 14.8 Å². The summed E-state index contributed by atoms with van der Waals surface area (Å²) in [7, 11) is 1.52. The summed E-state index contributed by atoms with van der Waals surface area (Å²) in [6.07, 6.45) is 1.21. The average Bonchev–Trinajstić information content (AvgIpc) is 2.38. The van der Waals surface area contributed by atoms with Gasteiger partial charge in [0.2, 0.25) is 0 Å². The number of halogens is 1. The fourth-order valence-electron chi connectivity index (χ4n) is 1.46. The van der Waals surface area contributed by atoms with E-state index in [-0.39, 0.29) is 30.0 Å². The SMILES string of the molecule is COc1ccc(-c2cc(C(=O)O)ncn2)cc1Cl.[Li+].[OH-]. The summed E-state index contributed by atoms with van der Waals surface area (Å²) in [5.74, 6) is -0.550. The van der Waals surface area contributed by atoms with E-state index in [2.05, 4.69) is 9.97 Å². The van der Waals surface area contributed by atoms with Crippen LogP contribution in [-0.2, 0) is 0 Å². The Morgan fingerprint density at radius 2 is 2.00 bits per heavy atom. The van der Waals surface area contributed by atoms with Gasteiger partial charge < -0.3 is 15.3 Å². The Balaban J connectivity index is 0.00000180. The van der Waals surface area contributed by atoms with Gasteiger partial charge in [-0.3, -0.25) is 0 Å². The summed E-state index contributed by atoms with van der Waals surface area (Å²) in [5, 5.41) is 9.29. The third-order valence-corrected chi connectivity index (χ3v) is 2.63. The maximum atomic E-state index is 10.8. The number of methoxy groups -OCH3 is 1. The topological polar surface area (TPSA) is 102 Å². The number of rotatable bonds is 3. The molecule has 100 valence electrons. The molecule has 0 amide bonds. The largest absolute Gasteiger partial charge is 1.00 e. The molecular weight excluding hydrogens is 279 g/mol. The van der Waals surface area contributed by atoms with E-state index in [0.29, 0.717) is 22.0 Å². The molecule has 1 aromatic heterocycles. The summed E-state index contributed by atoms with van der Waals surface area (Å²) in [6.45, 7) is 0. The van der Waals surface area contributed by atoms with Crippen LogP contribution in [0.1, 0.15) is 10.5 Å². The monoisotopic (exact) mass is 288 g/mol. The standard InChI is InChI=1S/C12H9ClN2O3.Li.H2O/c1-18-11-3-2-7(4-8(11)13)9-5-10(12(16)17)15-6-14-9;;/h2-6H,1H3,(H,16,17);;1H2/q;+1;/p-1. The van der Waals surface area contributed by atoms with E-state index in [0.717, 1.165) is 0 Å². The second kappa shape index (κ2) is 7.87. The molecule has 2 rings (SSSR count). The molecule has 0 aliphatic rings. The number of ether oxygens (including phenoxy) is 1. The van der Waals surface area contributed by atoms with E-state index in [4.69, 9.17) is 21.4 Å². The minimum atomic E-state index is -1.10. The maximum Gasteiger partial charge on any atom is 1.00 e. The van der Waals surface area contributed by atoms with Gasteiger partial charge >= 0.3 is 24.8 Å². The fraction of sp³-hybridized carbons (Fsp3) is 0.0833. The molecule has 1 heterocycles. The predicted molar refractivity (Wildman–Crippen MR) is 67.9 cm³/mol. The van der Waals surface area contributed by atoms with Gasteiger partial charge in [-0.2, -0.15) is 0 Å². The zero-order valence-corrected chi connectivity index (χ0v) is 11.6. The summed E-state index contributed by atoms with van der Waals surface area (Å²) in [4.78, 5) is 18.5. The van der Waals surface area contributed by atoms with E-state index in [1.54, 1.807) is 18.2 Å². The zero-order valence-electron chi connectivity index (χ0n) is 10.9. The van der Waals surface area contributed by atoms with Crippen LogP contribution in [0.5, 0.6) is 5.75 Å². The van der Waals surface area contributed by atoms with E-state index in [9.17, 15) is 4.79 Å². The van der Waals surface area contributed by atoms with Crippen LogP contribution in [0.15, 0.2) is 30.6 Å². The van der Waals surface area contributed by atoms with Gasteiger partial charge in [0.05, 0.1) is 17.8 Å². The first kappa shape index (κ1) is 18.4. The summed E-state index contributed by atoms with van der Waals surface area (Å²) in [5.41, 5.74) is 1.13. The Morgan fingerprint density at radius 1 is 1.30 bits per heavy atom. The first-order valence-corrected chi connectivity index (χ1v) is 5.39. The maximum absolute atomic E-state index is 10.8. The molecule has 20 heavy (non-hydrogen) atoms. The Morgan fingerprint density at radius 3 is 2.55 bits per heavy atom. The number of aromatic carboxylic acids is 1. The van der Waals surface area contributed by atoms with Crippen LogP contribution in [-0.4, -0.2) is 33.6 Å². The molecule has 0 fully saturated rings. The van der Waals surface area contributed by atoms with Crippen LogP contribution >= 0.6 is 11.6 Å². The first-order valence-electron chi connectivity index (χ1n) is 5.01. The molecule has 0 saturated carbocycles. The van der Waals surface area contributed by atoms with Crippen LogP contribution in [0.4, 0.5) is 0 Å². The number of carboxylic acid groups (broad SMARTS) is 1. The second-order valence-corrected chi connectivity index (χ2v) is 3.85. The molecule has 0 spiro atoms. The van der Waals surface area contributed by atoms with Gasteiger partial charge in [-0.1, -0.05) is 11.6 Å². The smallest absolute Gasteiger partial charge is 0.870 e. The molecule has 2 aromatic rings. The number of hydrogen-bond acceptors (Lipinski definition) is 5. The molecule has 0 atom stereocenters. The van der Waals surface area contributed by atoms with Crippen LogP contribution in [0, 0.1) is 0 Å². The third-order valence-electron chi connectivity index (χ3n) is 2.33. The van der Waals surface area contributed by atoms with Crippen LogP contribution in [0.3, 0.4) is 0 Å². The minimum Gasteiger partial charge on any atom is -0.870 e. The molecule has 0 saturated heterocycles. The Kier molecular flexibility index (Phi) is 7.25. The van der Waals surface area contributed by atoms with Crippen LogP contribution < -0.4 is 23.6 Å². The summed E-state index contributed by atoms with van der Waals surface area (Å²) in [6, 6.07) is 6.49.